The summed E-state index contributed by atoms with van der Waals surface area (Å²) in [6, 6.07) is 10.7. The molecule has 5 rings (SSSR count). The van der Waals surface area contributed by atoms with Gasteiger partial charge in [0, 0.05) is 28.6 Å². The average Bonchev–Trinajstić information content (AvgIpc) is 3.19. The molecule has 0 amide bonds. The Hall–Kier alpha value is -4.53. The highest BCUT2D eigenvalue weighted by Crippen LogP contribution is 2.31. The lowest BCUT2D eigenvalue weighted by molar-refractivity contribution is 0.104. The predicted octanol–water partition coefficient (Wildman–Crippen LogP) is 5.52. The van der Waals surface area contributed by atoms with Crippen molar-refractivity contribution >= 4 is 33.8 Å². The molecule has 0 bridgehead atoms. The van der Waals surface area contributed by atoms with Crippen LogP contribution in [0.4, 0.5) is 17.6 Å². The van der Waals surface area contributed by atoms with Crippen LogP contribution in [0.2, 0.25) is 0 Å². The summed E-state index contributed by atoms with van der Waals surface area (Å²) in [5, 5.41) is 0.262. The summed E-state index contributed by atoms with van der Waals surface area (Å²) in [6.07, 6.45) is 2.31. The Morgan fingerprint density at radius 2 is 1.53 bits per heavy atom. The number of fused-ring (bicyclic) bond motifs is 2. The number of carbonyl (C=O) groups is 1. The van der Waals surface area contributed by atoms with Crippen LogP contribution in [0.5, 0.6) is 0 Å². The zero-order chi connectivity index (χ0) is 24.0. The Morgan fingerprint density at radius 1 is 0.824 bits per heavy atom. The molecule has 0 unspecified atom stereocenters. The van der Waals surface area contributed by atoms with Crippen LogP contribution in [0.15, 0.2) is 65.5 Å². The number of halogens is 4. The average molecular weight is 463 g/mol. The highest BCUT2D eigenvalue weighted by Gasteiger charge is 2.20. The van der Waals surface area contributed by atoms with Crippen LogP contribution in [0.25, 0.3) is 39.1 Å². The Bertz CT molecular complexity index is 1650. The monoisotopic (exact) mass is 463 g/mol. The van der Waals surface area contributed by atoms with E-state index in [9.17, 15) is 27.2 Å². The Balaban J connectivity index is 1.64. The predicted molar refractivity (Wildman–Crippen MR) is 119 cm³/mol. The number of hydrogen-bond acceptors (Lipinski definition) is 3. The second-order valence-corrected chi connectivity index (χ2v) is 7.50. The summed E-state index contributed by atoms with van der Waals surface area (Å²) in [7, 11) is 0. The first kappa shape index (κ1) is 21.3. The standard InChI is InChI=1S/C25H13F4N3O2/c26-13-3-1-12(2-4-13)23-15-9-14(27)5-6-18(15)32-25(34)24(23)21(33)7-8-22-30-19-10-16(28)17(29)11-20(19)31-22/h1-11H,(H,30,31)(H,32,34)/b8-7+. The third-order valence-corrected chi connectivity index (χ3v) is 5.29. The fraction of sp³-hybridized carbons (Fsp3) is 0. The lowest BCUT2D eigenvalue weighted by Gasteiger charge is -2.11. The zero-order valence-electron chi connectivity index (χ0n) is 17.1. The van der Waals surface area contributed by atoms with Gasteiger partial charge < -0.3 is 9.97 Å². The van der Waals surface area contributed by atoms with Crippen LogP contribution in [-0.4, -0.2) is 20.7 Å². The number of aromatic amines is 2. The summed E-state index contributed by atoms with van der Waals surface area (Å²) in [6.45, 7) is 0. The molecule has 2 heterocycles. The van der Waals surface area contributed by atoms with E-state index in [1.807, 2.05) is 0 Å². The Morgan fingerprint density at radius 3 is 2.29 bits per heavy atom. The third-order valence-electron chi connectivity index (χ3n) is 5.29. The van der Waals surface area contributed by atoms with Crippen LogP contribution in [0.1, 0.15) is 16.2 Å². The molecule has 0 atom stereocenters. The molecule has 2 aromatic heterocycles. The number of carbonyl (C=O) groups excluding carboxylic acids is 1. The smallest absolute Gasteiger partial charge is 0.260 e. The highest BCUT2D eigenvalue weighted by molar-refractivity contribution is 6.15. The molecule has 0 aliphatic heterocycles. The van der Waals surface area contributed by atoms with E-state index >= 15 is 0 Å². The van der Waals surface area contributed by atoms with Crippen LogP contribution in [0.3, 0.4) is 0 Å². The van der Waals surface area contributed by atoms with Crippen molar-refractivity contribution in [1.82, 2.24) is 15.0 Å². The van der Waals surface area contributed by atoms with E-state index in [1.165, 1.54) is 48.5 Å². The molecule has 3 aromatic carbocycles. The van der Waals surface area contributed by atoms with E-state index in [0.717, 1.165) is 18.2 Å². The fourth-order valence-corrected chi connectivity index (χ4v) is 3.76. The van der Waals surface area contributed by atoms with Gasteiger partial charge >= 0.3 is 0 Å². The van der Waals surface area contributed by atoms with Gasteiger partial charge in [-0.3, -0.25) is 9.59 Å². The van der Waals surface area contributed by atoms with E-state index < -0.39 is 34.6 Å². The van der Waals surface area contributed by atoms with Crippen molar-refractivity contribution < 1.29 is 22.4 Å². The molecule has 168 valence electrons. The minimum absolute atomic E-state index is 0.125. The van der Waals surface area contributed by atoms with E-state index in [4.69, 9.17) is 0 Å². The van der Waals surface area contributed by atoms with E-state index in [2.05, 4.69) is 15.0 Å². The number of allylic oxidation sites excluding steroid dienone is 1. The van der Waals surface area contributed by atoms with Crippen LogP contribution in [0, 0.1) is 23.3 Å². The van der Waals surface area contributed by atoms with Gasteiger partial charge in [0.15, 0.2) is 17.4 Å². The van der Waals surface area contributed by atoms with Gasteiger partial charge in [0.05, 0.1) is 16.6 Å². The van der Waals surface area contributed by atoms with E-state index in [0.29, 0.717) is 11.1 Å². The number of nitrogens with zero attached hydrogens (tertiary/aromatic N) is 1. The van der Waals surface area contributed by atoms with Crippen LogP contribution in [-0.2, 0) is 0 Å². The summed E-state index contributed by atoms with van der Waals surface area (Å²) in [4.78, 5) is 35.4. The molecular weight excluding hydrogens is 450 g/mol. The first-order valence-electron chi connectivity index (χ1n) is 9.99. The molecule has 0 fully saturated rings. The third kappa shape index (κ3) is 3.77. The number of hydrogen-bond donors (Lipinski definition) is 2. The first-order valence-corrected chi connectivity index (χ1v) is 9.99. The van der Waals surface area contributed by atoms with Crippen molar-refractivity contribution in [3.05, 3.63) is 106 Å². The van der Waals surface area contributed by atoms with Crippen molar-refractivity contribution in [1.29, 1.82) is 0 Å². The molecule has 0 aliphatic carbocycles. The second-order valence-electron chi connectivity index (χ2n) is 7.50. The molecule has 34 heavy (non-hydrogen) atoms. The highest BCUT2D eigenvalue weighted by atomic mass is 19.2. The largest absolute Gasteiger partial charge is 0.338 e. The van der Waals surface area contributed by atoms with Crippen LogP contribution >= 0.6 is 0 Å². The Labute approximate surface area is 188 Å². The number of H-pyrrole nitrogens is 2. The number of rotatable bonds is 4. The molecule has 0 aliphatic rings. The summed E-state index contributed by atoms with van der Waals surface area (Å²) < 4.78 is 54.4. The number of benzene rings is 3. The van der Waals surface area contributed by atoms with Gasteiger partial charge in [0.25, 0.3) is 5.56 Å². The van der Waals surface area contributed by atoms with Crippen molar-refractivity contribution in [2.75, 3.05) is 0 Å². The van der Waals surface area contributed by atoms with Crippen molar-refractivity contribution in [3.63, 3.8) is 0 Å². The summed E-state index contributed by atoms with van der Waals surface area (Å²) in [5.74, 6) is -3.83. The van der Waals surface area contributed by atoms with Crippen molar-refractivity contribution in [3.8, 4) is 11.1 Å². The van der Waals surface area contributed by atoms with Gasteiger partial charge in [-0.15, -0.1) is 0 Å². The van der Waals surface area contributed by atoms with E-state index in [-0.39, 0.29) is 33.4 Å². The number of pyridine rings is 1. The van der Waals surface area contributed by atoms with Crippen molar-refractivity contribution in [2.24, 2.45) is 0 Å². The number of imidazole rings is 1. The van der Waals surface area contributed by atoms with Crippen molar-refractivity contribution in [2.45, 2.75) is 0 Å². The molecule has 0 saturated carbocycles. The summed E-state index contributed by atoms with van der Waals surface area (Å²) >= 11 is 0. The molecule has 9 heteroatoms. The first-order chi connectivity index (χ1) is 16.3. The SMILES string of the molecule is O=C(/C=C/c1nc2cc(F)c(F)cc2[nH]1)c1c(-c2ccc(F)cc2)c2cc(F)ccc2[nH]c1=O. The van der Waals surface area contributed by atoms with Gasteiger partial charge in [-0.05, 0) is 48.0 Å². The Kier molecular flexibility index (Phi) is 5.09. The lowest BCUT2D eigenvalue weighted by Crippen LogP contribution is -2.18. The van der Waals surface area contributed by atoms with Gasteiger partial charge in [-0.1, -0.05) is 12.1 Å². The minimum Gasteiger partial charge on any atom is -0.338 e. The van der Waals surface area contributed by atoms with Gasteiger partial charge in [0.2, 0.25) is 0 Å². The molecule has 5 aromatic rings. The minimum atomic E-state index is -1.07. The molecule has 0 spiro atoms. The fourth-order valence-electron chi connectivity index (χ4n) is 3.76. The number of nitrogens with one attached hydrogen (secondary N) is 2. The van der Waals surface area contributed by atoms with E-state index in [1.54, 1.807) is 0 Å². The maximum atomic E-state index is 14.0. The van der Waals surface area contributed by atoms with Crippen LogP contribution < -0.4 is 5.56 Å². The topological polar surface area (TPSA) is 78.6 Å². The van der Waals surface area contributed by atoms with Gasteiger partial charge in [0.1, 0.15) is 17.5 Å². The normalized spacial score (nSPS) is 11.6. The quantitative estimate of drug-likeness (QED) is 0.209. The molecule has 5 nitrogen and oxygen atoms in total. The molecule has 2 N–H and O–H groups in total. The lowest BCUT2D eigenvalue weighted by atomic mass is 9.94. The molecular formula is C25H13F4N3O2. The molecule has 0 saturated heterocycles. The summed E-state index contributed by atoms with van der Waals surface area (Å²) in [5.41, 5.74) is 0.147. The van der Waals surface area contributed by atoms with Gasteiger partial charge in [-0.25, -0.2) is 22.5 Å². The maximum absolute atomic E-state index is 14.0. The maximum Gasteiger partial charge on any atom is 0.260 e. The number of aromatic nitrogens is 3. The zero-order valence-corrected chi connectivity index (χ0v) is 17.1. The van der Waals surface area contributed by atoms with Gasteiger partial charge in [-0.2, -0.15) is 0 Å². The molecule has 0 radical (unpaired) electrons. The number of ketones is 1. The second kappa shape index (κ2) is 8.11.